The van der Waals surface area contributed by atoms with Gasteiger partial charge < -0.3 is 19.5 Å². The summed E-state index contributed by atoms with van der Waals surface area (Å²) in [7, 11) is 4.84. The lowest BCUT2D eigenvalue weighted by Gasteiger charge is -2.25. The van der Waals surface area contributed by atoms with E-state index in [1.165, 1.54) is 11.8 Å². The number of nitrogens with zero attached hydrogens (tertiary/aromatic N) is 3. The molecule has 208 valence electrons. The van der Waals surface area contributed by atoms with Crippen LogP contribution < -0.4 is 19.7 Å². The zero-order valence-electron chi connectivity index (χ0n) is 23.3. The van der Waals surface area contributed by atoms with Gasteiger partial charge in [0.15, 0.2) is 0 Å². The van der Waals surface area contributed by atoms with Gasteiger partial charge in [-0.1, -0.05) is 39.0 Å². The smallest absolute Gasteiger partial charge is 0.240 e. The Morgan fingerprint density at radius 3 is 2.44 bits per heavy atom. The van der Waals surface area contributed by atoms with Crippen molar-refractivity contribution in [1.82, 2.24) is 15.1 Å². The van der Waals surface area contributed by atoms with Crippen molar-refractivity contribution < 1.29 is 23.8 Å². The van der Waals surface area contributed by atoms with E-state index in [1.807, 2.05) is 48.5 Å². The van der Waals surface area contributed by atoms with Gasteiger partial charge in [0, 0.05) is 30.2 Å². The maximum Gasteiger partial charge on any atom is 0.240 e. The van der Waals surface area contributed by atoms with Crippen LogP contribution in [0.15, 0.2) is 48.5 Å². The van der Waals surface area contributed by atoms with Crippen LogP contribution in [0.3, 0.4) is 0 Å². The molecule has 4 rings (SSSR count). The molecule has 1 aromatic heterocycles. The third-order valence-corrected chi connectivity index (χ3v) is 7.70. The monoisotopic (exact) mass is 552 g/mol. The Morgan fingerprint density at radius 1 is 1.08 bits per heavy atom. The Morgan fingerprint density at radius 2 is 1.79 bits per heavy atom. The summed E-state index contributed by atoms with van der Waals surface area (Å²) in [6.45, 7) is 6.91. The fraction of sp³-hybridized carbons (Fsp3) is 0.414. The number of methoxy groups -OCH3 is 3. The molecule has 2 amide bonds. The number of aromatic nitrogens is 2. The molecular formula is C29H36N4O5S. The van der Waals surface area contributed by atoms with Crippen LogP contribution in [-0.4, -0.2) is 68.4 Å². The minimum absolute atomic E-state index is 0.139. The summed E-state index contributed by atoms with van der Waals surface area (Å²) in [4.78, 5) is 28.3. The number of nitrogens with one attached hydrogen (secondary N) is 1. The number of hydrogen-bond acceptors (Lipinski definition) is 7. The lowest BCUT2D eigenvalue weighted by atomic mass is 9.87. The van der Waals surface area contributed by atoms with Gasteiger partial charge in [0.2, 0.25) is 11.8 Å². The third kappa shape index (κ3) is 6.07. The third-order valence-electron chi connectivity index (χ3n) is 6.47. The van der Waals surface area contributed by atoms with Crippen LogP contribution in [0.5, 0.6) is 11.5 Å². The van der Waals surface area contributed by atoms with E-state index in [-0.39, 0.29) is 34.8 Å². The van der Waals surface area contributed by atoms with E-state index in [0.29, 0.717) is 24.7 Å². The van der Waals surface area contributed by atoms with Crippen molar-refractivity contribution >= 4 is 29.4 Å². The topological polar surface area (TPSA) is 94.9 Å². The van der Waals surface area contributed by atoms with Crippen molar-refractivity contribution in [3.05, 3.63) is 65.4 Å². The van der Waals surface area contributed by atoms with E-state index in [9.17, 15) is 9.59 Å². The molecule has 0 aliphatic carbocycles. The van der Waals surface area contributed by atoms with Gasteiger partial charge in [0.05, 0.1) is 43.2 Å². The molecule has 2 heterocycles. The van der Waals surface area contributed by atoms with Gasteiger partial charge in [-0.2, -0.15) is 5.10 Å². The average Bonchev–Trinajstić information content (AvgIpc) is 3.27. The van der Waals surface area contributed by atoms with E-state index >= 15 is 0 Å². The first-order valence-corrected chi connectivity index (χ1v) is 13.8. The van der Waals surface area contributed by atoms with Crippen molar-refractivity contribution in [3.8, 4) is 17.2 Å². The average molecular weight is 553 g/mol. The number of para-hydroxylation sites is 1. The van der Waals surface area contributed by atoms with Gasteiger partial charge in [0.1, 0.15) is 23.9 Å². The van der Waals surface area contributed by atoms with Gasteiger partial charge in [-0.15, -0.1) is 11.8 Å². The fourth-order valence-electron chi connectivity index (χ4n) is 4.60. The van der Waals surface area contributed by atoms with Crippen LogP contribution >= 0.6 is 11.8 Å². The van der Waals surface area contributed by atoms with Crippen molar-refractivity contribution in [2.75, 3.05) is 51.7 Å². The van der Waals surface area contributed by atoms with Crippen molar-refractivity contribution in [2.24, 2.45) is 0 Å². The lowest BCUT2D eigenvalue weighted by Crippen LogP contribution is -2.43. The number of carbonyl (C=O) groups is 2. The molecule has 0 bridgehead atoms. The zero-order chi connectivity index (χ0) is 28.2. The van der Waals surface area contributed by atoms with E-state index in [0.717, 1.165) is 28.3 Å². The number of fused-ring (bicyclic) bond motifs is 1. The Hall–Kier alpha value is -3.50. The van der Waals surface area contributed by atoms with Gasteiger partial charge in [-0.25, -0.2) is 4.68 Å². The van der Waals surface area contributed by atoms with E-state index in [4.69, 9.17) is 19.3 Å². The molecule has 1 atom stereocenters. The molecule has 0 spiro atoms. The molecule has 2 aromatic carbocycles. The summed E-state index contributed by atoms with van der Waals surface area (Å²) in [5.74, 6) is 1.77. The van der Waals surface area contributed by atoms with E-state index in [1.54, 1.807) is 30.9 Å². The number of rotatable bonds is 9. The van der Waals surface area contributed by atoms with Crippen molar-refractivity contribution in [2.45, 2.75) is 31.4 Å². The second kappa shape index (κ2) is 12.1. The van der Waals surface area contributed by atoms with Crippen LogP contribution in [-0.2, 0) is 19.7 Å². The molecule has 1 aliphatic heterocycles. The number of anilines is 1. The van der Waals surface area contributed by atoms with Gasteiger partial charge >= 0.3 is 0 Å². The second-order valence-corrected chi connectivity index (χ2v) is 11.3. The SMILES string of the molecule is COCCNC(=O)CN1C(=O)CSC(c2ccccc2OC)c2c(C(C)(C)C)nn(-c3ccc(OC)cc3)c21. The first-order chi connectivity index (χ1) is 18.7. The Balaban J connectivity index is 1.97. The normalized spacial score (nSPS) is 15.5. The fourth-order valence-corrected chi connectivity index (χ4v) is 5.82. The molecule has 0 fully saturated rings. The molecule has 0 saturated carbocycles. The van der Waals surface area contributed by atoms with Crippen LogP contribution in [0.4, 0.5) is 5.82 Å². The number of carbonyl (C=O) groups excluding carboxylic acids is 2. The molecule has 3 aromatic rings. The Kier molecular flexibility index (Phi) is 8.87. The zero-order valence-corrected chi connectivity index (χ0v) is 24.1. The summed E-state index contributed by atoms with van der Waals surface area (Å²) < 4.78 is 17.9. The molecular weight excluding hydrogens is 516 g/mol. The molecule has 1 N–H and O–H groups in total. The quantitative estimate of drug-likeness (QED) is 0.399. The number of thioether (sulfide) groups is 1. The van der Waals surface area contributed by atoms with Gasteiger partial charge in [-0.3, -0.25) is 14.5 Å². The minimum Gasteiger partial charge on any atom is -0.497 e. The molecule has 10 heteroatoms. The number of hydrogen-bond donors (Lipinski definition) is 1. The Bertz CT molecular complexity index is 1320. The summed E-state index contributed by atoms with van der Waals surface area (Å²) >= 11 is 1.52. The predicted octanol–water partition coefficient (Wildman–Crippen LogP) is 4.12. The molecule has 9 nitrogen and oxygen atoms in total. The van der Waals surface area contributed by atoms with Crippen LogP contribution in [0.1, 0.15) is 42.8 Å². The van der Waals surface area contributed by atoms with Crippen molar-refractivity contribution in [3.63, 3.8) is 0 Å². The first-order valence-electron chi connectivity index (χ1n) is 12.8. The summed E-state index contributed by atoms with van der Waals surface area (Å²) in [6, 6.07) is 15.4. The highest BCUT2D eigenvalue weighted by Gasteiger charge is 2.40. The summed E-state index contributed by atoms with van der Waals surface area (Å²) in [6.07, 6.45) is 0. The van der Waals surface area contributed by atoms with Gasteiger partial charge in [0.25, 0.3) is 0 Å². The van der Waals surface area contributed by atoms with E-state index < -0.39 is 0 Å². The highest BCUT2D eigenvalue weighted by atomic mass is 32.2. The molecule has 0 saturated heterocycles. The molecule has 0 radical (unpaired) electrons. The maximum absolute atomic E-state index is 13.7. The standard InChI is InChI=1S/C29H36N4O5S/c1-29(2,3)27-25-26(21-9-7-8-10-22(21)38-6)39-18-24(35)32(17-23(34)30-15-16-36-4)28(25)33(31-27)19-11-13-20(37-5)14-12-19/h7-14,26H,15-18H2,1-6H3,(H,30,34). The number of amides is 2. The van der Waals surface area contributed by atoms with Crippen LogP contribution in [0.2, 0.25) is 0 Å². The Labute approximate surface area is 233 Å². The summed E-state index contributed by atoms with van der Waals surface area (Å²) in [5.41, 5.74) is 3.08. The van der Waals surface area contributed by atoms with Crippen molar-refractivity contribution in [1.29, 1.82) is 0 Å². The van der Waals surface area contributed by atoms with Crippen LogP contribution in [0, 0.1) is 0 Å². The first kappa shape index (κ1) is 28.5. The number of ether oxygens (including phenoxy) is 3. The minimum atomic E-state index is -0.359. The van der Waals surface area contributed by atoms with E-state index in [2.05, 4.69) is 26.1 Å². The molecule has 1 aliphatic rings. The molecule has 39 heavy (non-hydrogen) atoms. The highest BCUT2D eigenvalue weighted by molar-refractivity contribution is 8.00. The predicted molar refractivity (Wildman–Crippen MR) is 153 cm³/mol. The lowest BCUT2D eigenvalue weighted by molar-refractivity contribution is -0.123. The van der Waals surface area contributed by atoms with Crippen LogP contribution in [0.25, 0.3) is 5.69 Å². The second-order valence-electron chi connectivity index (χ2n) is 10.2. The number of benzene rings is 2. The molecule has 1 unspecified atom stereocenters. The van der Waals surface area contributed by atoms with Gasteiger partial charge in [-0.05, 0) is 30.3 Å². The highest BCUT2D eigenvalue weighted by Crippen LogP contribution is 2.50. The summed E-state index contributed by atoms with van der Waals surface area (Å²) in [5, 5.41) is 7.70. The largest absolute Gasteiger partial charge is 0.497 e. The maximum atomic E-state index is 13.7.